The zero-order chi connectivity index (χ0) is 22.5. The predicted molar refractivity (Wildman–Crippen MR) is 123 cm³/mol. The Hall–Kier alpha value is -1.79. The molecule has 3 aromatic rings. The molecule has 0 saturated heterocycles. The van der Waals surface area contributed by atoms with Crippen LogP contribution < -0.4 is 5.73 Å². The van der Waals surface area contributed by atoms with Gasteiger partial charge in [0.2, 0.25) is 0 Å². The van der Waals surface area contributed by atoms with Crippen molar-refractivity contribution in [3.8, 4) is 0 Å². The molecule has 13 heteroatoms. The van der Waals surface area contributed by atoms with Gasteiger partial charge < -0.3 is 20.1 Å². The van der Waals surface area contributed by atoms with E-state index in [0.29, 0.717) is 27.8 Å². The third-order valence-electron chi connectivity index (χ3n) is 3.69. The minimum absolute atomic E-state index is 0.0775. The topological polar surface area (TPSA) is 129 Å². The summed E-state index contributed by atoms with van der Waals surface area (Å²) in [5, 5.41) is 9.78. The number of carboxylic acids is 1. The minimum atomic E-state index is -1.16. The van der Waals surface area contributed by atoms with Crippen LogP contribution in [0, 0.1) is 0 Å². The van der Waals surface area contributed by atoms with Crippen LogP contribution in [-0.2, 0) is 11.5 Å². The summed E-state index contributed by atoms with van der Waals surface area (Å²) in [7, 11) is -1.16. The lowest BCUT2D eigenvalue weighted by atomic mass is 10.3. The van der Waals surface area contributed by atoms with Crippen LogP contribution in [0.5, 0.6) is 0 Å². The first-order valence-electron chi connectivity index (χ1n) is 8.74. The molecule has 0 fully saturated rings. The fourth-order valence-corrected chi connectivity index (χ4v) is 3.50. The largest absolute Gasteiger partial charge is 0.478 e. The number of hydrogen-bond acceptors (Lipinski definition) is 7. The lowest BCUT2D eigenvalue weighted by molar-refractivity contribution is 0.0696. The van der Waals surface area contributed by atoms with Crippen LogP contribution >= 0.6 is 39.1 Å². The van der Waals surface area contributed by atoms with Gasteiger partial charge in [0.1, 0.15) is 33.4 Å². The van der Waals surface area contributed by atoms with Gasteiger partial charge in [0.15, 0.2) is 10.8 Å². The number of nitrogens with zero attached hydrogens (tertiary/aromatic N) is 5. The smallest absolute Gasteiger partial charge is 0.339 e. The first-order chi connectivity index (χ1) is 14.0. The standard InChI is InChI=1S/C13H17BrClN3O3Si.C4H4ClN3/c1-22(2,3)5-4-21-7-18-6-8(13(19)20)9-12(18)17-11(15)10(14)16-9;5-3-1-7-2-4(6)8-3/h6H,4-5,7H2,1-3H3,(H,19,20);1-2H,(H2,6,8). The predicted octanol–water partition coefficient (Wildman–Crippen LogP) is 4.57. The Balaban J connectivity index is 0.000000335. The van der Waals surface area contributed by atoms with E-state index in [9.17, 15) is 9.90 Å². The molecule has 3 heterocycles. The molecule has 0 aliphatic heterocycles. The maximum Gasteiger partial charge on any atom is 0.339 e. The molecule has 3 aromatic heterocycles. The normalized spacial score (nSPS) is 11.3. The van der Waals surface area contributed by atoms with Crippen molar-refractivity contribution in [1.29, 1.82) is 0 Å². The van der Waals surface area contributed by atoms with E-state index in [1.54, 1.807) is 4.57 Å². The van der Waals surface area contributed by atoms with Gasteiger partial charge in [-0.15, -0.1) is 0 Å². The molecule has 0 bridgehead atoms. The summed E-state index contributed by atoms with van der Waals surface area (Å²) < 4.78 is 7.59. The highest BCUT2D eigenvalue weighted by molar-refractivity contribution is 9.10. The number of rotatable bonds is 6. The highest BCUT2D eigenvalue weighted by Crippen LogP contribution is 2.25. The molecule has 3 N–H and O–H groups in total. The first-order valence-corrected chi connectivity index (χ1v) is 14.0. The van der Waals surface area contributed by atoms with Crippen LogP contribution in [0.2, 0.25) is 36.0 Å². The van der Waals surface area contributed by atoms with Crippen LogP contribution in [0.4, 0.5) is 5.82 Å². The number of ether oxygens (including phenoxy) is 1. The Morgan fingerprint density at radius 1 is 1.27 bits per heavy atom. The summed E-state index contributed by atoms with van der Waals surface area (Å²) >= 11 is 14.5. The number of fused-ring (bicyclic) bond motifs is 1. The Morgan fingerprint density at radius 2 is 1.97 bits per heavy atom. The van der Waals surface area contributed by atoms with Crippen molar-refractivity contribution < 1.29 is 14.6 Å². The van der Waals surface area contributed by atoms with Crippen molar-refractivity contribution in [1.82, 2.24) is 24.5 Å². The summed E-state index contributed by atoms with van der Waals surface area (Å²) in [6.07, 6.45) is 4.34. The molecular weight excluding hydrogens is 515 g/mol. The molecule has 0 aliphatic rings. The number of carbonyl (C=O) groups is 1. The zero-order valence-corrected chi connectivity index (χ0v) is 20.7. The molecule has 9 nitrogen and oxygen atoms in total. The number of aromatic carboxylic acids is 1. The maximum absolute atomic E-state index is 11.3. The van der Waals surface area contributed by atoms with Gasteiger partial charge in [-0.3, -0.25) is 4.98 Å². The lowest BCUT2D eigenvalue weighted by Crippen LogP contribution is -2.22. The van der Waals surface area contributed by atoms with Gasteiger partial charge >= 0.3 is 5.97 Å². The molecule has 0 atom stereocenters. The molecule has 0 aromatic carbocycles. The third-order valence-corrected chi connectivity index (χ3v) is 6.62. The summed E-state index contributed by atoms with van der Waals surface area (Å²) in [6, 6.07) is 1.04. The molecule has 0 unspecified atom stereocenters. The van der Waals surface area contributed by atoms with E-state index in [-0.39, 0.29) is 23.0 Å². The van der Waals surface area contributed by atoms with Gasteiger partial charge in [-0.05, 0) is 22.0 Å². The highest BCUT2D eigenvalue weighted by atomic mass is 79.9. The van der Waals surface area contributed by atoms with Crippen molar-refractivity contribution >= 4 is 70.2 Å². The molecule has 30 heavy (non-hydrogen) atoms. The fourth-order valence-electron chi connectivity index (χ4n) is 2.20. The van der Waals surface area contributed by atoms with E-state index in [1.807, 2.05) is 0 Å². The molecule has 0 amide bonds. The van der Waals surface area contributed by atoms with Crippen molar-refractivity contribution in [2.24, 2.45) is 0 Å². The van der Waals surface area contributed by atoms with Crippen LogP contribution in [-0.4, -0.2) is 50.3 Å². The maximum atomic E-state index is 11.3. The van der Waals surface area contributed by atoms with Crippen LogP contribution in [0.25, 0.3) is 11.2 Å². The van der Waals surface area contributed by atoms with Gasteiger partial charge in [-0.25, -0.2) is 19.7 Å². The third kappa shape index (κ3) is 7.17. The van der Waals surface area contributed by atoms with E-state index >= 15 is 0 Å². The molecule has 3 rings (SSSR count). The Morgan fingerprint density at radius 3 is 2.50 bits per heavy atom. The Labute approximate surface area is 192 Å². The second-order valence-electron chi connectivity index (χ2n) is 7.41. The van der Waals surface area contributed by atoms with Gasteiger partial charge in [-0.1, -0.05) is 42.8 Å². The van der Waals surface area contributed by atoms with E-state index in [0.717, 1.165) is 6.04 Å². The summed E-state index contributed by atoms with van der Waals surface area (Å²) in [5.41, 5.74) is 5.97. The van der Waals surface area contributed by atoms with Crippen LogP contribution in [0.3, 0.4) is 0 Å². The summed E-state index contributed by atoms with van der Waals surface area (Å²) in [6.45, 7) is 7.67. The monoisotopic (exact) mass is 534 g/mol. The van der Waals surface area contributed by atoms with E-state index < -0.39 is 14.0 Å². The van der Waals surface area contributed by atoms with Crippen molar-refractivity contribution in [3.05, 3.63) is 39.1 Å². The zero-order valence-electron chi connectivity index (χ0n) is 16.6. The molecule has 0 radical (unpaired) electrons. The average molecular weight is 536 g/mol. The number of anilines is 1. The van der Waals surface area contributed by atoms with Crippen LogP contribution in [0.15, 0.2) is 23.2 Å². The van der Waals surface area contributed by atoms with E-state index in [1.165, 1.54) is 18.6 Å². The number of halogens is 3. The van der Waals surface area contributed by atoms with Crippen molar-refractivity contribution in [2.45, 2.75) is 32.4 Å². The van der Waals surface area contributed by atoms with Crippen LogP contribution in [0.1, 0.15) is 10.4 Å². The van der Waals surface area contributed by atoms with E-state index in [4.69, 9.17) is 33.7 Å². The van der Waals surface area contributed by atoms with Gasteiger partial charge in [-0.2, -0.15) is 0 Å². The highest BCUT2D eigenvalue weighted by Gasteiger charge is 2.19. The molecule has 0 aliphatic carbocycles. The first kappa shape index (κ1) is 24.5. The summed E-state index contributed by atoms with van der Waals surface area (Å²) in [5.74, 6) is -0.716. The Kier molecular flexibility index (Phi) is 8.56. The van der Waals surface area contributed by atoms with Gasteiger partial charge in [0, 0.05) is 20.9 Å². The Bertz CT molecular complexity index is 1030. The van der Waals surface area contributed by atoms with Gasteiger partial charge in [0.25, 0.3) is 0 Å². The number of hydrogen-bond donors (Lipinski definition) is 2. The average Bonchev–Trinajstić information content (AvgIpc) is 2.96. The second kappa shape index (κ2) is 10.5. The quantitative estimate of drug-likeness (QED) is 0.346. The van der Waals surface area contributed by atoms with Crippen molar-refractivity contribution in [2.75, 3.05) is 12.3 Å². The minimum Gasteiger partial charge on any atom is -0.478 e. The van der Waals surface area contributed by atoms with Crippen molar-refractivity contribution in [3.63, 3.8) is 0 Å². The van der Waals surface area contributed by atoms with Gasteiger partial charge in [0.05, 0.1) is 12.4 Å². The molecule has 0 saturated carbocycles. The van der Waals surface area contributed by atoms with E-state index in [2.05, 4.69) is 55.5 Å². The fraction of sp³-hybridized carbons (Fsp3) is 0.353. The second-order valence-corrected chi connectivity index (χ2v) is 14.5. The lowest BCUT2D eigenvalue weighted by Gasteiger charge is -2.15. The molecule has 0 spiro atoms. The summed E-state index contributed by atoms with van der Waals surface area (Å²) in [4.78, 5) is 27.0. The number of nitrogens with two attached hydrogens (primary N) is 1. The SMILES string of the molecule is C[Si](C)(C)CCOCn1cc(C(=O)O)c2nc(Br)c(Cl)nc21.Nc1cncc(Cl)n1. The number of nitrogen functional groups attached to an aromatic ring is 1. The number of aromatic nitrogens is 5. The number of carboxylic acid groups (broad SMARTS) is 1. The molecule has 162 valence electrons. The molecular formula is C17H21BrCl2N6O3Si.